The molecule has 0 atom stereocenters. The van der Waals surface area contributed by atoms with Crippen LogP contribution in [-0.4, -0.2) is 20.7 Å². The van der Waals surface area contributed by atoms with Gasteiger partial charge < -0.3 is 10.1 Å². The van der Waals surface area contributed by atoms with Crippen molar-refractivity contribution in [2.75, 3.05) is 0 Å². The van der Waals surface area contributed by atoms with Crippen molar-refractivity contribution < 1.29 is 9.53 Å². The summed E-state index contributed by atoms with van der Waals surface area (Å²) in [4.78, 5) is 16.1. The van der Waals surface area contributed by atoms with Crippen LogP contribution in [0.15, 0.2) is 67.1 Å². The molecular weight excluding hydrogens is 328 g/mol. The number of hydrogen-bond donors (Lipinski definition) is 1. The van der Waals surface area contributed by atoms with Crippen molar-refractivity contribution in [2.45, 2.75) is 13.2 Å². The molecule has 1 aromatic carbocycles. The predicted molar refractivity (Wildman–Crippen MR) is 99.1 cm³/mol. The third-order valence-corrected chi connectivity index (χ3v) is 3.65. The predicted octanol–water partition coefficient (Wildman–Crippen LogP) is 2.72. The van der Waals surface area contributed by atoms with Crippen molar-refractivity contribution in [2.24, 2.45) is 7.05 Å². The minimum Gasteiger partial charge on any atom is -0.487 e. The van der Waals surface area contributed by atoms with Gasteiger partial charge in [0, 0.05) is 37.6 Å². The Morgan fingerprint density at radius 2 is 2.08 bits per heavy atom. The van der Waals surface area contributed by atoms with E-state index in [1.54, 1.807) is 23.2 Å². The molecule has 0 aliphatic carbocycles. The van der Waals surface area contributed by atoms with Gasteiger partial charge in [-0.2, -0.15) is 5.10 Å². The van der Waals surface area contributed by atoms with Crippen molar-refractivity contribution in [1.82, 2.24) is 20.1 Å². The molecule has 0 saturated heterocycles. The molecule has 6 heteroatoms. The van der Waals surface area contributed by atoms with Crippen molar-refractivity contribution >= 4 is 12.0 Å². The summed E-state index contributed by atoms with van der Waals surface area (Å²) in [5.41, 5.74) is 2.76. The van der Waals surface area contributed by atoms with Crippen LogP contribution in [0.5, 0.6) is 5.75 Å². The topological polar surface area (TPSA) is 69.0 Å². The van der Waals surface area contributed by atoms with Crippen LogP contribution in [0.2, 0.25) is 0 Å². The highest BCUT2D eigenvalue weighted by molar-refractivity contribution is 5.91. The molecule has 0 spiro atoms. The number of carbonyl (C=O) groups is 1. The quantitative estimate of drug-likeness (QED) is 0.667. The van der Waals surface area contributed by atoms with Crippen LogP contribution in [0, 0.1) is 0 Å². The molecule has 0 radical (unpaired) electrons. The number of aryl methyl sites for hydroxylation is 1. The molecule has 26 heavy (non-hydrogen) atoms. The second-order valence-corrected chi connectivity index (χ2v) is 5.75. The van der Waals surface area contributed by atoms with Gasteiger partial charge in [-0.1, -0.05) is 18.2 Å². The zero-order valence-corrected chi connectivity index (χ0v) is 14.5. The summed E-state index contributed by atoms with van der Waals surface area (Å²) in [6.45, 7) is 0.882. The lowest BCUT2D eigenvalue weighted by Crippen LogP contribution is -2.20. The lowest BCUT2D eigenvalue weighted by Gasteiger charge is -2.07. The SMILES string of the molecule is Cn1cc(C=CC(=O)NCc2ccc(OCc3ccccn3)cc2)cn1. The van der Waals surface area contributed by atoms with E-state index in [1.165, 1.54) is 6.08 Å². The molecule has 1 N–H and O–H groups in total. The first-order valence-corrected chi connectivity index (χ1v) is 8.25. The first-order valence-electron chi connectivity index (χ1n) is 8.25. The molecule has 2 heterocycles. The molecular formula is C20H20N4O2. The fraction of sp³-hybridized carbons (Fsp3) is 0.150. The van der Waals surface area contributed by atoms with E-state index >= 15 is 0 Å². The van der Waals surface area contributed by atoms with E-state index in [-0.39, 0.29) is 5.91 Å². The van der Waals surface area contributed by atoms with Gasteiger partial charge in [-0.05, 0) is 35.9 Å². The Balaban J connectivity index is 1.45. The molecule has 2 aromatic heterocycles. The average molecular weight is 348 g/mol. The Labute approximate surface area is 152 Å². The molecule has 0 aliphatic rings. The second kappa shape index (κ2) is 8.62. The molecule has 132 valence electrons. The number of rotatable bonds is 7. The summed E-state index contributed by atoms with van der Waals surface area (Å²) in [7, 11) is 1.83. The van der Waals surface area contributed by atoms with E-state index in [1.807, 2.05) is 55.7 Å². The number of amides is 1. The standard InChI is InChI=1S/C20H20N4O2/c1-24-14-17(13-23-24)7-10-20(25)22-12-16-5-8-19(9-6-16)26-15-18-4-2-3-11-21-18/h2-11,13-14H,12,15H2,1H3,(H,22,25). The minimum absolute atomic E-state index is 0.149. The summed E-state index contributed by atoms with van der Waals surface area (Å²) in [6, 6.07) is 13.4. The average Bonchev–Trinajstić information content (AvgIpc) is 3.10. The maximum Gasteiger partial charge on any atom is 0.244 e. The Hall–Kier alpha value is -3.41. The molecule has 6 nitrogen and oxygen atoms in total. The Morgan fingerprint density at radius 3 is 2.77 bits per heavy atom. The zero-order chi connectivity index (χ0) is 18.2. The Morgan fingerprint density at radius 1 is 1.23 bits per heavy atom. The van der Waals surface area contributed by atoms with E-state index in [4.69, 9.17) is 4.74 Å². The van der Waals surface area contributed by atoms with Crippen LogP contribution in [0.25, 0.3) is 6.08 Å². The summed E-state index contributed by atoms with van der Waals surface area (Å²) >= 11 is 0. The van der Waals surface area contributed by atoms with Crippen LogP contribution in [0.4, 0.5) is 0 Å². The lowest BCUT2D eigenvalue weighted by atomic mass is 10.2. The Bertz CT molecular complexity index is 870. The van der Waals surface area contributed by atoms with E-state index in [2.05, 4.69) is 15.4 Å². The van der Waals surface area contributed by atoms with Gasteiger partial charge in [-0.3, -0.25) is 14.5 Å². The van der Waals surface area contributed by atoms with Gasteiger partial charge in [0.2, 0.25) is 5.91 Å². The maximum absolute atomic E-state index is 11.9. The molecule has 0 unspecified atom stereocenters. The summed E-state index contributed by atoms with van der Waals surface area (Å²) in [5, 5.41) is 6.90. The summed E-state index contributed by atoms with van der Waals surface area (Å²) in [6.07, 6.45) is 8.52. The second-order valence-electron chi connectivity index (χ2n) is 5.75. The smallest absolute Gasteiger partial charge is 0.244 e. The van der Waals surface area contributed by atoms with E-state index in [0.717, 1.165) is 22.6 Å². The zero-order valence-electron chi connectivity index (χ0n) is 14.5. The van der Waals surface area contributed by atoms with Crippen molar-refractivity contribution in [1.29, 1.82) is 0 Å². The van der Waals surface area contributed by atoms with Crippen molar-refractivity contribution in [3.05, 3.63) is 84.0 Å². The number of hydrogen-bond acceptors (Lipinski definition) is 4. The molecule has 3 rings (SSSR count). The number of carbonyl (C=O) groups excluding carboxylic acids is 1. The normalized spacial score (nSPS) is 10.8. The van der Waals surface area contributed by atoms with Gasteiger partial charge in [0.05, 0.1) is 11.9 Å². The maximum atomic E-state index is 11.9. The molecule has 3 aromatic rings. The summed E-state index contributed by atoms with van der Waals surface area (Å²) < 4.78 is 7.38. The number of ether oxygens (including phenoxy) is 1. The molecule has 0 saturated carbocycles. The van der Waals surface area contributed by atoms with Gasteiger partial charge in [0.15, 0.2) is 0 Å². The molecule has 0 bridgehead atoms. The highest BCUT2D eigenvalue weighted by atomic mass is 16.5. The molecule has 1 amide bonds. The van der Waals surface area contributed by atoms with Gasteiger partial charge in [-0.15, -0.1) is 0 Å². The van der Waals surface area contributed by atoms with Crippen LogP contribution in [0.3, 0.4) is 0 Å². The van der Waals surface area contributed by atoms with Gasteiger partial charge in [0.25, 0.3) is 0 Å². The van der Waals surface area contributed by atoms with Crippen LogP contribution < -0.4 is 10.1 Å². The molecule has 0 aliphatic heterocycles. The first kappa shape index (κ1) is 17.4. The number of pyridine rings is 1. The van der Waals surface area contributed by atoms with Crippen LogP contribution >= 0.6 is 0 Å². The van der Waals surface area contributed by atoms with Crippen molar-refractivity contribution in [3.63, 3.8) is 0 Å². The lowest BCUT2D eigenvalue weighted by molar-refractivity contribution is -0.116. The monoisotopic (exact) mass is 348 g/mol. The van der Waals surface area contributed by atoms with Crippen LogP contribution in [0.1, 0.15) is 16.8 Å². The number of aromatic nitrogens is 3. The third kappa shape index (κ3) is 5.31. The highest BCUT2D eigenvalue weighted by Crippen LogP contribution is 2.13. The largest absolute Gasteiger partial charge is 0.487 e. The number of benzene rings is 1. The van der Waals surface area contributed by atoms with E-state index in [9.17, 15) is 4.79 Å². The van der Waals surface area contributed by atoms with Gasteiger partial charge >= 0.3 is 0 Å². The minimum atomic E-state index is -0.149. The number of nitrogens with zero attached hydrogens (tertiary/aromatic N) is 3. The van der Waals surface area contributed by atoms with Gasteiger partial charge in [-0.25, -0.2) is 0 Å². The third-order valence-electron chi connectivity index (χ3n) is 3.65. The van der Waals surface area contributed by atoms with Crippen LogP contribution in [-0.2, 0) is 25.0 Å². The first-order chi connectivity index (χ1) is 12.7. The van der Waals surface area contributed by atoms with Crippen molar-refractivity contribution in [3.8, 4) is 5.75 Å². The summed E-state index contributed by atoms with van der Waals surface area (Å²) in [5.74, 6) is 0.617. The highest BCUT2D eigenvalue weighted by Gasteiger charge is 2.00. The van der Waals surface area contributed by atoms with Gasteiger partial charge in [0.1, 0.15) is 12.4 Å². The van der Waals surface area contributed by atoms with E-state index < -0.39 is 0 Å². The van der Waals surface area contributed by atoms with E-state index in [0.29, 0.717) is 13.2 Å². The Kier molecular flexibility index (Phi) is 5.77. The molecule has 0 fully saturated rings. The fourth-order valence-corrected chi connectivity index (χ4v) is 2.29. The fourth-order valence-electron chi connectivity index (χ4n) is 2.29. The number of nitrogens with one attached hydrogen (secondary N) is 1.